The van der Waals surface area contributed by atoms with E-state index in [0.29, 0.717) is 17.8 Å². The SMILES string of the molecule is COc1cccc([C@H]2CCCN2C(=O)Nc2ccccc2C(=O)N(C)C)c1. The summed E-state index contributed by atoms with van der Waals surface area (Å²) in [4.78, 5) is 28.7. The zero-order valence-corrected chi connectivity index (χ0v) is 15.9. The summed E-state index contributed by atoms with van der Waals surface area (Å²) >= 11 is 0. The number of benzene rings is 2. The topological polar surface area (TPSA) is 61.9 Å². The van der Waals surface area contributed by atoms with E-state index in [4.69, 9.17) is 4.74 Å². The lowest BCUT2D eigenvalue weighted by Gasteiger charge is -2.26. The molecule has 6 nitrogen and oxygen atoms in total. The zero-order chi connectivity index (χ0) is 19.4. The molecule has 0 spiro atoms. The van der Waals surface area contributed by atoms with E-state index in [1.807, 2.05) is 35.2 Å². The van der Waals surface area contributed by atoms with E-state index in [1.165, 1.54) is 4.90 Å². The monoisotopic (exact) mass is 367 g/mol. The normalized spacial score (nSPS) is 16.1. The summed E-state index contributed by atoms with van der Waals surface area (Å²) in [5, 5.41) is 2.92. The third-order valence-corrected chi connectivity index (χ3v) is 4.80. The Morgan fingerprint density at radius 1 is 1.15 bits per heavy atom. The summed E-state index contributed by atoms with van der Waals surface area (Å²) in [6.45, 7) is 0.678. The standard InChI is InChI=1S/C21H25N3O3/c1-23(2)20(25)17-10-4-5-11-18(17)22-21(26)24-13-7-12-19(24)15-8-6-9-16(14-15)27-3/h4-6,8-11,14,19H,7,12-13H2,1-3H3,(H,22,26)/t19-/m1/s1. The maximum absolute atomic E-state index is 13.0. The van der Waals surface area contributed by atoms with Crippen LogP contribution in [0.3, 0.4) is 0 Å². The van der Waals surface area contributed by atoms with Crippen molar-refractivity contribution in [3.05, 3.63) is 59.7 Å². The zero-order valence-electron chi connectivity index (χ0n) is 15.9. The summed E-state index contributed by atoms with van der Waals surface area (Å²) in [5.41, 5.74) is 2.06. The van der Waals surface area contributed by atoms with E-state index < -0.39 is 0 Å². The molecular weight excluding hydrogens is 342 g/mol. The van der Waals surface area contributed by atoms with Crippen molar-refractivity contribution in [2.24, 2.45) is 0 Å². The number of hydrogen-bond acceptors (Lipinski definition) is 3. The second kappa shape index (κ2) is 8.12. The smallest absolute Gasteiger partial charge is 0.322 e. The fraction of sp³-hybridized carbons (Fsp3) is 0.333. The summed E-state index contributed by atoms with van der Waals surface area (Å²) in [6.07, 6.45) is 1.84. The van der Waals surface area contributed by atoms with Crippen LogP contribution >= 0.6 is 0 Å². The van der Waals surface area contributed by atoms with Crippen LogP contribution < -0.4 is 10.1 Å². The van der Waals surface area contributed by atoms with Gasteiger partial charge in [-0.15, -0.1) is 0 Å². The van der Waals surface area contributed by atoms with Crippen LogP contribution in [0.15, 0.2) is 48.5 Å². The molecule has 2 aromatic rings. The van der Waals surface area contributed by atoms with Gasteiger partial charge in [0, 0.05) is 20.6 Å². The fourth-order valence-corrected chi connectivity index (χ4v) is 3.41. The first kappa shape index (κ1) is 18.8. The Morgan fingerprint density at radius 3 is 2.67 bits per heavy atom. The third kappa shape index (κ3) is 4.05. The number of methoxy groups -OCH3 is 1. The second-order valence-corrected chi connectivity index (χ2v) is 6.80. The molecule has 0 aliphatic carbocycles. The van der Waals surface area contributed by atoms with Crippen LogP contribution in [0.2, 0.25) is 0 Å². The largest absolute Gasteiger partial charge is 0.497 e. The molecular formula is C21H25N3O3. The van der Waals surface area contributed by atoms with E-state index in [2.05, 4.69) is 5.32 Å². The number of carbonyl (C=O) groups is 2. The third-order valence-electron chi connectivity index (χ3n) is 4.80. The fourth-order valence-electron chi connectivity index (χ4n) is 3.41. The van der Waals surface area contributed by atoms with Crippen molar-refractivity contribution in [3.63, 3.8) is 0 Å². The van der Waals surface area contributed by atoms with E-state index in [1.54, 1.807) is 39.4 Å². The Hall–Kier alpha value is -3.02. The molecule has 2 aromatic carbocycles. The second-order valence-electron chi connectivity index (χ2n) is 6.80. The molecule has 1 aliphatic rings. The van der Waals surface area contributed by atoms with Gasteiger partial charge in [-0.2, -0.15) is 0 Å². The average molecular weight is 367 g/mol. The number of urea groups is 1. The molecule has 27 heavy (non-hydrogen) atoms. The van der Waals surface area contributed by atoms with E-state index in [9.17, 15) is 9.59 Å². The molecule has 1 atom stereocenters. The van der Waals surface area contributed by atoms with Gasteiger partial charge in [0.2, 0.25) is 0 Å². The summed E-state index contributed by atoms with van der Waals surface area (Å²) in [7, 11) is 5.03. The van der Waals surface area contributed by atoms with E-state index in [-0.39, 0.29) is 18.0 Å². The van der Waals surface area contributed by atoms with Gasteiger partial charge in [0.1, 0.15) is 5.75 Å². The number of para-hydroxylation sites is 1. The first-order valence-corrected chi connectivity index (χ1v) is 9.03. The van der Waals surface area contributed by atoms with Crippen LogP contribution in [0.25, 0.3) is 0 Å². The van der Waals surface area contributed by atoms with Crippen molar-refractivity contribution in [2.45, 2.75) is 18.9 Å². The van der Waals surface area contributed by atoms with Gasteiger partial charge >= 0.3 is 6.03 Å². The number of hydrogen-bond donors (Lipinski definition) is 1. The lowest BCUT2D eigenvalue weighted by atomic mass is 10.0. The molecule has 0 saturated carbocycles. The Labute approximate surface area is 159 Å². The summed E-state index contributed by atoms with van der Waals surface area (Å²) < 4.78 is 5.31. The van der Waals surface area contributed by atoms with Crippen LogP contribution in [0.4, 0.5) is 10.5 Å². The van der Waals surface area contributed by atoms with Gasteiger partial charge in [-0.25, -0.2) is 4.79 Å². The van der Waals surface area contributed by atoms with Gasteiger partial charge < -0.3 is 19.9 Å². The minimum Gasteiger partial charge on any atom is -0.497 e. The molecule has 0 radical (unpaired) electrons. The highest BCUT2D eigenvalue weighted by Gasteiger charge is 2.30. The van der Waals surface area contributed by atoms with Gasteiger partial charge in [-0.1, -0.05) is 24.3 Å². The highest BCUT2D eigenvalue weighted by Crippen LogP contribution is 2.34. The maximum atomic E-state index is 13.0. The van der Waals surface area contributed by atoms with Gasteiger partial charge in [-0.05, 0) is 42.7 Å². The number of likely N-dealkylation sites (tertiary alicyclic amines) is 1. The van der Waals surface area contributed by atoms with Crippen molar-refractivity contribution < 1.29 is 14.3 Å². The number of nitrogens with one attached hydrogen (secondary N) is 1. The summed E-state index contributed by atoms with van der Waals surface area (Å²) in [5.74, 6) is 0.637. The highest BCUT2D eigenvalue weighted by molar-refractivity contribution is 6.03. The lowest BCUT2D eigenvalue weighted by Crippen LogP contribution is -2.35. The van der Waals surface area contributed by atoms with Crippen LogP contribution in [0.1, 0.15) is 34.8 Å². The minimum absolute atomic E-state index is 0.00295. The molecule has 3 amide bonds. The van der Waals surface area contributed by atoms with Crippen LogP contribution in [0.5, 0.6) is 5.75 Å². The molecule has 6 heteroatoms. The molecule has 1 N–H and O–H groups in total. The molecule has 0 unspecified atom stereocenters. The van der Waals surface area contributed by atoms with Gasteiger partial charge in [0.25, 0.3) is 5.91 Å². The quantitative estimate of drug-likeness (QED) is 0.895. The van der Waals surface area contributed by atoms with Crippen LogP contribution in [0, 0.1) is 0 Å². The van der Waals surface area contributed by atoms with Crippen LogP contribution in [-0.2, 0) is 0 Å². The minimum atomic E-state index is -0.195. The van der Waals surface area contributed by atoms with Gasteiger partial charge in [0.05, 0.1) is 24.4 Å². The number of rotatable bonds is 4. The molecule has 1 heterocycles. The van der Waals surface area contributed by atoms with Gasteiger partial charge in [0.15, 0.2) is 0 Å². The molecule has 1 aliphatic heterocycles. The molecule has 0 aromatic heterocycles. The number of anilines is 1. The molecule has 1 saturated heterocycles. The van der Waals surface area contributed by atoms with Gasteiger partial charge in [-0.3, -0.25) is 4.79 Å². The number of nitrogens with zero attached hydrogens (tertiary/aromatic N) is 2. The Bertz CT molecular complexity index is 835. The number of amides is 3. The predicted molar refractivity (Wildman–Crippen MR) is 105 cm³/mol. The van der Waals surface area contributed by atoms with Crippen LogP contribution in [-0.4, -0.2) is 49.5 Å². The first-order valence-electron chi connectivity index (χ1n) is 9.03. The van der Waals surface area contributed by atoms with E-state index in [0.717, 1.165) is 24.2 Å². The molecule has 3 rings (SSSR count). The van der Waals surface area contributed by atoms with Crippen molar-refractivity contribution >= 4 is 17.6 Å². The Kier molecular flexibility index (Phi) is 5.64. The van der Waals surface area contributed by atoms with Crippen molar-refractivity contribution in [1.82, 2.24) is 9.80 Å². The molecule has 0 bridgehead atoms. The number of carbonyl (C=O) groups excluding carboxylic acids is 2. The van der Waals surface area contributed by atoms with E-state index >= 15 is 0 Å². The number of ether oxygens (including phenoxy) is 1. The Balaban J connectivity index is 1.81. The van der Waals surface area contributed by atoms with Crippen molar-refractivity contribution in [1.29, 1.82) is 0 Å². The predicted octanol–water partition coefficient (Wildman–Crippen LogP) is 3.77. The average Bonchev–Trinajstić information content (AvgIpc) is 3.18. The first-order chi connectivity index (χ1) is 13.0. The lowest BCUT2D eigenvalue weighted by molar-refractivity contribution is 0.0828. The maximum Gasteiger partial charge on any atom is 0.322 e. The molecule has 1 fully saturated rings. The van der Waals surface area contributed by atoms with Crippen molar-refractivity contribution in [3.8, 4) is 5.75 Å². The molecule has 142 valence electrons. The summed E-state index contributed by atoms with van der Waals surface area (Å²) in [6, 6.07) is 14.7. The van der Waals surface area contributed by atoms with Crippen molar-refractivity contribution in [2.75, 3.05) is 33.1 Å². The highest BCUT2D eigenvalue weighted by atomic mass is 16.5. The Morgan fingerprint density at radius 2 is 1.93 bits per heavy atom.